The molecule has 0 fully saturated rings. The molecule has 0 radical (unpaired) electrons. The van der Waals surface area contributed by atoms with E-state index in [1.165, 1.54) is 16.2 Å². The van der Waals surface area contributed by atoms with Crippen LogP contribution in [0, 0.1) is 5.41 Å². The monoisotopic (exact) mass is 493 g/mol. The lowest BCUT2D eigenvalue weighted by Crippen LogP contribution is -2.08. The van der Waals surface area contributed by atoms with Crippen LogP contribution in [0.25, 0.3) is 65.9 Å². The van der Waals surface area contributed by atoms with Crippen LogP contribution < -0.4 is 0 Å². The summed E-state index contributed by atoms with van der Waals surface area (Å²) in [5.41, 5.74) is 5.75. The average molecular weight is 494 g/mol. The summed E-state index contributed by atoms with van der Waals surface area (Å²) in [4.78, 5) is 4.75. The van der Waals surface area contributed by atoms with Crippen molar-refractivity contribution in [3.8, 4) is 22.4 Å². The lowest BCUT2D eigenvalue weighted by Gasteiger charge is -2.18. The fraction of sp³-hybridized carbons (Fsp3) is 0.139. The zero-order valence-corrected chi connectivity index (χ0v) is 21.7. The number of pyridine rings is 1. The van der Waals surface area contributed by atoms with Gasteiger partial charge in [-0.3, -0.25) is 4.98 Å². The molecule has 0 aliphatic rings. The number of rotatable bonds is 3. The largest absolute Gasteiger partial charge is 0.455 e. The third kappa shape index (κ3) is 3.76. The van der Waals surface area contributed by atoms with Crippen LogP contribution >= 0.6 is 0 Å². The minimum Gasteiger partial charge on any atom is -0.455 e. The highest BCUT2D eigenvalue weighted by molar-refractivity contribution is 6.30. The maximum absolute atomic E-state index is 8.61. The number of benzene rings is 5. The molecule has 0 saturated carbocycles. The Balaban J connectivity index is 1.39. The molecule has 0 aliphatic heterocycles. The highest BCUT2D eigenvalue weighted by Gasteiger charge is 2.18. The number of aromatic nitrogens is 1. The van der Waals surface area contributed by atoms with Crippen LogP contribution in [0.2, 0.25) is 0 Å². The highest BCUT2D eigenvalue weighted by Crippen LogP contribution is 2.43. The summed E-state index contributed by atoms with van der Waals surface area (Å²) in [5.74, 6) is 0. The van der Waals surface area contributed by atoms with Crippen LogP contribution in [-0.2, 0) is 6.37 Å². The molecule has 0 N–H and O–H groups in total. The number of hydrogen-bond donors (Lipinski definition) is 0. The van der Waals surface area contributed by atoms with Gasteiger partial charge in [-0.15, -0.1) is 0 Å². The van der Waals surface area contributed by atoms with Crippen molar-refractivity contribution in [1.29, 1.82) is 0 Å². The zero-order valence-electron chi connectivity index (χ0n) is 23.7. The van der Waals surface area contributed by atoms with E-state index >= 15 is 0 Å². The van der Waals surface area contributed by atoms with Crippen LogP contribution in [0.5, 0.6) is 0 Å². The number of fused-ring (bicyclic) bond motifs is 8. The maximum atomic E-state index is 8.61. The molecule has 38 heavy (non-hydrogen) atoms. The molecule has 0 amide bonds. The minimum atomic E-state index is -1.43. The molecule has 2 nitrogen and oxygen atoms in total. The first kappa shape index (κ1) is 20.6. The molecule has 2 aromatic heterocycles. The summed E-state index contributed by atoms with van der Waals surface area (Å²) in [5, 5.41) is 6.91. The van der Waals surface area contributed by atoms with Gasteiger partial charge < -0.3 is 4.42 Å². The quantitative estimate of drug-likeness (QED) is 0.229. The normalized spacial score (nSPS) is 13.3. The summed E-state index contributed by atoms with van der Waals surface area (Å²) < 4.78 is 23.9. The minimum absolute atomic E-state index is 0.500. The number of para-hydroxylation sites is 1. The van der Waals surface area contributed by atoms with E-state index in [1.54, 1.807) is 0 Å². The molecule has 0 bridgehead atoms. The molecular weight excluding hydrogens is 462 g/mol. The predicted octanol–water partition coefficient (Wildman–Crippen LogP) is 10.2. The third-order valence-electron chi connectivity index (χ3n) is 7.15. The van der Waals surface area contributed by atoms with E-state index in [4.69, 9.17) is 12.1 Å². The molecule has 2 heterocycles. The molecule has 184 valence electrons. The fourth-order valence-electron chi connectivity index (χ4n) is 5.57. The van der Waals surface area contributed by atoms with Gasteiger partial charge in [0.2, 0.25) is 0 Å². The molecule has 0 unspecified atom stereocenters. The summed E-state index contributed by atoms with van der Waals surface area (Å²) >= 11 is 0. The zero-order chi connectivity index (χ0) is 27.6. The van der Waals surface area contributed by atoms with Crippen molar-refractivity contribution in [2.75, 3.05) is 0 Å². The van der Waals surface area contributed by atoms with E-state index in [0.717, 1.165) is 49.7 Å². The van der Waals surface area contributed by atoms with E-state index < -0.39 is 11.8 Å². The van der Waals surface area contributed by atoms with Crippen LogP contribution in [0.15, 0.2) is 114 Å². The lowest BCUT2D eigenvalue weighted by atomic mass is 9.87. The Kier molecular flexibility index (Phi) is 4.64. The number of nitrogens with zero attached hydrogens (tertiary/aromatic N) is 1. The summed E-state index contributed by atoms with van der Waals surface area (Å²) in [6.07, 6.45) is 0.402. The van der Waals surface area contributed by atoms with Gasteiger partial charge in [0.15, 0.2) is 0 Å². The Morgan fingerprint density at radius 2 is 1.32 bits per heavy atom. The summed E-state index contributed by atoms with van der Waals surface area (Å²) in [6.45, 7) is 5.79. The Morgan fingerprint density at radius 3 is 2.05 bits per heavy atom. The smallest absolute Gasteiger partial charge is 0.144 e. The van der Waals surface area contributed by atoms with Crippen LogP contribution in [0.4, 0.5) is 0 Å². The Hall–Kier alpha value is -4.43. The molecule has 2 heteroatoms. The fourth-order valence-corrected chi connectivity index (χ4v) is 5.57. The second kappa shape index (κ2) is 8.56. The van der Waals surface area contributed by atoms with E-state index in [0.29, 0.717) is 5.56 Å². The molecule has 7 rings (SSSR count). The van der Waals surface area contributed by atoms with Crippen molar-refractivity contribution >= 4 is 43.5 Å². The van der Waals surface area contributed by atoms with Gasteiger partial charge in [-0.25, -0.2) is 0 Å². The van der Waals surface area contributed by atoms with Gasteiger partial charge in [-0.2, -0.15) is 0 Å². The molecule has 7 aromatic rings. The van der Waals surface area contributed by atoms with Gasteiger partial charge in [0.1, 0.15) is 11.2 Å². The first-order valence-corrected chi connectivity index (χ1v) is 13.1. The Morgan fingerprint density at radius 1 is 0.658 bits per heavy atom. The lowest BCUT2D eigenvalue weighted by molar-refractivity contribution is 0.411. The van der Waals surface area contributed by atoms with Gasteiger partial charge >= 0.3 is 0 Å². The predicted molar refractivity (Wildman–Crippen MR) is 161 cm³/mol. The highest BCUT2D eigenvalue weighted by atomic mass is 16.3. The number of furan rings is 1. The van der Waals surface area contributed by atoms with Gasteiger partial charge in [0.05, 0.1) is 5.69 Å². The van der Waals surface area contributed by atoms with Crippen molar-refractivity contribution in [3.05, 3.63) is 115 Å². The SMILES string of the molecule is [2H]C([2H])(c1ccc(-c2ccnc(-c3cccc4c3oc3c5ccccc5c5ccccc5c43)c2)cc1)C(C)(C)C. The van der Waals surface area contributed by atoms with Gasteiger partial charge in [-0.1, -0.05) is 106 Å². The molecule has 0 aliphatic carbocycles. The molecule has 0 spiro atoms. The Bertz CT molecular complexity index is 2060. The van der Waals surface area contributed by atoms with E-state index in [1.807, 2.05) is 57.3 Å². The van der Waals surface area contributed by atoms with Crippen molar-refractivity contribution in [2.45, 2.75) is 27.1 Å². The van der Waals surface area contributed by atoms with Gasteiger partial charge in [0.25, 0.3) is 0 Å². The van der Waals surface area contributed by atoms with E-state index in [-0.39, 0.29) is 0 Å². The van der Waals surface area contributed by atoms with Crippen molar-refractivity contribution in [3.63, 3.8) is 0 Å². The van der Waals surface area contributed by atoms with Crippen molar-refractivity contribution in [2.24, 2.45) is 5.41 Å². The molecule has 0 atom stereocenters. The van der Waals surface area contributed by atoms with Crippen LogP contribution in [-0.4, -0.2) is 4.98 Å². The van der Waals surface area contributed by atoms with Crippen molar-refractivity contribution < 1.29 is 7.16 Å². The topological polar surface area (TPSA) is 26.0 Å². The maximum Gasteiger partial charge on any atom is 0.144 e. The summed E-state index contributed by atoms with van der Waals surface area (Å²) in [6, 6.07) is 35.1. The van der Waals surface area contributed by atoms with Crippen LogP contribution in [0.3, 0.4) is 0 Å². The van der Waals surface area contributed by atoms with E-state index in [2.05, 4.69) is 72.8 Å². The molecule has 0 saturated heterocycles. The summed E-state index contributed by atoms with van der Waals surface area (Å²) in [7, 11) is 0. The van der Waals surface area contributed by atoms with Crippen LogP contribution in [0.1, 0.15) is 29.1 Å². The number of hydrogen-bond acceptors (Lipinski definition) is 2. The first-order valence-electron chi connectivity index (χ1n) is 14.1. The van der Waals surface area contributed by atoms with E-state index in [9.17, 15) is 0 Å². The van der Waals surface area contributed by atoms with Gasteiger partial charge in [-0.05, 0) is 62.8 Å². The van der Waals surface area contributed by atoms with Crippen molar-refractivity contribution in [1.82, 2.24) is 4.98 Å². The molecule has 5 aromatic carbocycles. The van der Waals surface area contributed by atoms with Gasteiger partial charge in [0, 0.05) is 30.7 Å². The second-order valence-electron chi connectivity index (χ2n) is 11.0. The first-order chi connectivity index (χ1) is 19.2. The second-order valence-corrected chi connectivity index (χ2v) is 11.0. The Labute approximate surface area is 225 Å². The third-order valence-corrected chi connectivity index (χ3v) is 7.15. The average Bonchev–Trinajstić information content (AvgIpc) is 3.37. The molecular formula is C36H29NO. The standard InChI is InChI=1S/C36H29NO/c1-36(2,3)22-23-15-17-24(18-16-23)25-19-20-37-32(21-25)30-13-8-14-31-33-28-11-6-4-9-26(28)27-10-5-7-12-29(27)35(33)38-34(30)31/h4-21H,22H2,1-3H3/i22D2.